The summed E-state index contributed by atoms with van der Waals surface area (Å²) in [5, 5.41) is 2.88. The Morgan fingerprint density at radius 3 is 2.54 bits per heavy atom. The van der Waals surface area contributed by atoms with Crippen molar-refractivity contribution in [2.45, 2.75) is 64.1 Å². The van der Waals surface area contributed by atoms with Crippen molar-refractivity contribution in [2.75, 3.05) is 0 Å². The highest BCUT2D eigenvalue weighted by Gasteiger charge is 2.27. The van der Waals surface area contributed by atoms with E-state index in [4.69, 9.17) is 4.74 Å². The zero-order valence-electron chi connectivity index (χ0n) is 15.2. The number of fused-ring (bicyclic) bond motifs is 1. The molecule has 0 radical (unpaired) electrons. The molecule has 0 unspecified atom stereocenters. The second-order valence-electron chi connectivity index (χ2n) is 7.61. The van der Waals surface area contributed by atoms with Crippen LogP contribution in [0, 0.1) is 5.82 Å². The Bertz CT molecular complexity index is 867. The average Bonchev–Trinajstić information content (AvgIpc) is 2.54. The molecule has 0 aliphatic heterocycles. The topological polar surface area (TPSA) is 86.1 Å². The van der Waals surface area contributed by atoms with Gasteiger partial charge in [-0.2, -0.15) is 0 Å². The third-order valence-electron chi connectivity index (χ3n) is 4.39. The van der Waals surface area contributed by atoms with Gasteiger partial charge in [-0.25, -0.2) is 19.2 Å². The maximum Gasteiger partial charge on any atom is 0.407 e. The second kappa shape index (κ2) is 7.01. The fraction of sp³-hybridized carbons (Fsp3) is 0.556. The van der Waals surface area contributed by atoms with E-state index in [9.17, 15) is 14.0 Å². The van der Waals surface area contributed by atoms with Gasteiger partial charge in [-0.3, -0.25) is 4.79 Å². The largest absolute Gasteiger partial charge is 0.444 e. The first-order chi connectivity index (χ1) is 12.2. The van der Waals surface area contributed by atoms with Crippen LogP contribution in [0.4, 0.5) is 9.18 Å². The minimum Gasteiger partial charge on any atom is -0.444 e. The van der Waals surface area contributed by atoms with Crippen LogP contribution in [-0.4, -0.2) is 32.3 Å². The van der Waals surface area contributed by atoms with E-state index in [0.717, 1.165) is 6.20 Å². The molecule has 2 heterocycles. The summed E-state index contributed by atoms with van der Waals surface area (Å²) in [4.78, 5) is 32.1. The minimum absolute atomic E-state index is 0.000218. The zero-order valence-corrected chi connectivity index (χ0v) is 15.2. The second-order valence-corrected chi connectivity index (χ2v) is 7.61. The number of carbonyl (C=O) groups is 1. The van der Waals surface area contributed by atoms with Crippen molar-refractivity contribution in [3.05, 3.63) is 34.6 Å². The summed E-state index contributed by atoms with van der Waals surface area (Å²) in [6.07, 6.45) is 4.68. The van der Waals surface area contributed by atoms with Gasteiger partial charge in [-0.05, 0) is 46.5 Å². The molecule has 3 rings (SSSR count). The lowest BCUT2D eigenvalue weighted by Crippen LogP contribution is -2.41. The fourth-order valence-electron chi connectivity index (χ4n) is 3.32. The van der Waals surface area contributed by atoms with Crippen LogP contribution >= 0.6 is 0 Å². The third kappa shape index (κ3) is 4.17. The predicted octanol–water partition coefficient (Wildman–Crippen LogP) is 2.94. The van der Waals surface area contributed by atoms with E-state index in [1.54, 1.807) is 4.57 Å². The molecule has 0 saturated heterocycles. The molecular formula is C18H23FN4O3. The highest BCUT2D eigenvalue weighted by molar-refractivity contribution is 5.70. The van der Waals surface area contributed by atoms with Crippen molar-refractivity contribution in [2.24, 2.45) is 0 Å². The summed E-state index contributed by atoms with van der Waals surface area (Å²) in [7, 11) is 0. The molecule has 140 valence electrons. The maximum atomic E-state index is 13.6. The van der Waals surface area contributed by atoms with Crippen molar-refractivity contribution in [1.82, 2.24) is 19.9 Å². The normalized spacial score (nSPS) is 20.8. The molecule has 1 aliphatic rings. The Balaban J connectivity index is 1.72. The lowest BCUT2D eigenvalue weighted by atomic mass is 9.91. The van der Waals surface area contributed by atoms with Crippen LogP contribution in [0.25, 0.3) is 11.2 Å². The summed E-state index contributed by atoms with van der Waals surface area (Å²) < 4.78 is 20.4. The molecule has 7 nitrogen and oxygen atoms in total. The van der Waals surface area contributed by atoms with E-state index in [2.05, 4.69) is 15.3 Å². The number of hydrogen-bond donors (Lipinski definition) is 1. The lowest BCUT2D eigenvalue weighted by Gasteiger charge is -2.31. The number of ether oxygens (including phenoxy) is 1. The van der Waals surface area contributed by atoms with Gasteiger partial charge in [-0.1, -0.05) is 0 Å². The molecule has 1 fully saturated rings. The average molecular weight is 362 g/mol. The van der Waals surface area contributed by atoms with Crippen molar-refractivity contribution < 1.29 is 13.9 Å². The van der Waals surface area contributed by atoms with Crippen molar-refractivity contribution in [3.8, 4) is 0 Å². The van der Waals surface area contributed by atoms with E-state index < -0.39 is 17.5 Å². The SMILES string of the molecule is CC(C)(C)OC(=O)NC1CCC(n2c(=O)cnc3ncc(F)cc32)CC1. The summed E-state index contributed by atoms with van der Waals surface area (Å²) in [5.41, 5.74) is -0.0590. The van der Waals surface area contributed by atoms with Gasteiger partial charge in [0, 0.05) is 18.2 Å². The zero-order chi connectivity index (χ0) is 18.9. The minimum atomic E-state index is -0.540. The van der Waals surface area contributed by atoms with Gasteiger partial charge in [0.25, 0.3) is 5.56 Å². The Kier molecular flexibility index (Phi) is 4.93. The van der Waals surface area contributed by atoms with Gasteiger partial charge in [0.05, 0.1) is 17.9 Å². The number of alkyl carbamates (subject to hydrolysis) is 1. The molecule has 1 N–H and O–H groups in total. The van der Waals surface area contributed by atoms with E-state index in [1.165, 1.54) is 12.3 Å². The number of nitrogens with zero attached hydrogens (tertiary/aromatic N) is 3. The van der Waals surface area contributed by atoms with Gasteiger partial charge < -0.3 is 14.6 Å². The first-order valence-electron chi connectivity index (χ1n) is 8.75. The molecule has 1 saturated carbocycles. The Hall–Kier alpha value is -2.51. The first kappa shape index (κ1) is 18.3. The van der Waals surface area contributed by atoms with Crippen LogP contribution in [0.2, 0.25) is 0 Å². The summed E-state index contributed by atoms with van der Waals surface area (Å²) in [6, 6.07) is 1.22. The molecule has 1 aliphatic carbocycles. The van der Waals surface area contributed by atoms with Crippen LogP contribution in [-0.2, 0) is 4.74 Å². The van der Waals surface area contributed by atoms with Crippen molar-refractivity contribution >= 4 is 17.3 Å². The summed E-state index contributed by atoms with van der Waals surface area (Å²) in [5.74, 6) is -0.501. The number of halogens is 1. The number of rotatable bonds is 2. The van der Waals surface area contributed by atoms with Crippen LogP contribution < -0.4 is 10.9 Å². The standard InChI is InChI=1S/C18H23FN4O3/c1-18(2,3)26-17(25)22-12-4-6-13(7-5-12)23-14-8-11(19)9-20-16(14)21-10-15(23)24/h8-10,12-13H,4-7H2,1-3H3,(H,22,25). The maximum absolute atomic E-state index is 13.6. The first-order valence-corrected chi connectivity index (χ1v) is 8.75. The van der Waals surface area contributed by atoms with Crippen molar-refractivity contribution in [3.63, 3.8) is 0 Å². The highest BCUT2D eigenvalue weighted by Crippen LogP contribution is 2.29. The van der Waals surface area contributed by atoms with Gasteiger partial charge in [0.15, 0.2) is 5.65 Å². The predicted molar refractivity (Wildman–Crippen MR) is 94.4 cm³/mol. The van der Waals surface area contributed by atoms with Crippen LogP contribution in [0.1, 0.15) is 52.5 Å². The number of hydrogen-bond acceptors (Lipinski definition) is 5. The number of amides is 1. The molecule has 8 heteroatoms. The van der Waals surface area contributed by atoms with E-state index in [0.29, 0.717) is 36.8 Å². The molecule has 0 atom stereocenters. The van der Waals surface area contributed by atoms with Crippen LogP contribution in [0.3, 0.4) is 0 Å². The number of nitrogens with one attached hydrogen (secondary N) is 1. The molecule has 0 bridgehead atoms. The van der Waals surface area contributed by atoms with E-state index >= 15 is 0 Å². The molecule has 1 amide bonds. The smallest absolute Gasteiger partial charge is 0.407 e. The Morgan fingerprint density at radius 1 is 1.23 bits per heavy atom. The molecule has 2 aromatic rings. The Morgan fingerprint density at radius 2 is 1.88 bits per heavy atom. The van der Waals surface area contributed by atoms with E-state index in [1.807, 2.05) is 20.8 Å². The number of carbonyl (C=O) groups excluding carboxylic acids is 1. The lowest BCUT2D eigenvalue weighted by molar-refractivity contribution is 0.0488. The van der Waals surface area contributed by atoms with Gasteiger partial charge in [0.1, 0.15) is 11.4 Å². The third-order valence-corrected chi connectivity index (χ3v) is 4.39. The molecule has 26 heavy (non-hydrogen) atoms. The molecule has 0 aromatic carbocycles. The summed E-state index contributed by atoms with van der Waals surface area (Å²) >= 11 is 0. The molecule has 2 aromatic heterocycles. The van der Waals surface area contributed by atoms with Gasteiger partial charge in [0.2, 0.25) is 0 Å². The van der Waals surface area contributed by atoms with Crippen LogP contribution in [0.5, 0.6) is 0 Å². The van der Waals surface area contributed by atoms with Crippen LogP contribution in [0.15, 0.2) is 23.3 Å². The van der Waals surface area contributed by atoms with Gasteiger partial charge in [-0.15, -0.1) is 0 Å². The monoisotopic (exact) mass is 362 g/mol. The molecular weight excluding hydrogens is 339 g/mol. The fourth-order valence-corrected chi connectivity index (χ4v) is 3.32. The van der Waals surface area contributed by atoms with Crippen molar-refractivity contribution in [1.29, 1.82) is 0 Å². The summed E-state index contributed by atoms with van der Waals surface area (Å²) in [6.45, 7) is 5.45. The Labute approximate surface area is 150 Å². The number of aromatic nitrogens is 3. The van der Waals surface area contributed by atoms with E-state index in [-0.39, 0.29) is 17.6 Å². The van der Waals surface area contributed by atoms with Gasteiger partial charge >= 0.3 is 6.09 Å². The number of pyridine rings is 1. The highest BCUT2D eigenvalue weighted by atomic mass is 19.1. The molecule has 0 spiro atoms. The quantitative estimate of drug-likeness (QED) is 0.888.